The van der Waals surface area contributed by atoms with E-state index >= 15 is 0 Å². The number of nitrogens with one attached hydrogen (secondary N) is 2. The minimum absolute atomic E-state index is 0.0325. The predicted octanol–water partition coefficient (Wildman–Crippen LogP) is 2.71. The van der Waals surface area contributed by atoms with Crippen LogP contribution in [0.2, 0.25) is 0 Å². The fourth-order valence-corrected chi connectivity index (χ4v) is 1.72. The van der Waals surface area contributed by atoms with Gasteiger partial charge in [-0.15, -0.1) is 0 Å². The maximum atomic E-state index is 11.5. The molecule has 20 heavy (non-hydrogen) atoms. The van der Waals surface area contributed by atoms with Gasteiger partial charge in [0.25, 0.3) is 0 Å². The maximum Gasteiger partial charge on any atom is 0.244 e. The monoisotopic (exact) mass is 280 g/mol. The van der Waals surface area contributed by atoms with Gasteiger partial charge in [0, 0.05) is 24.7 Å². The molecule has 4 nitrogen and oxygen atoms in total. The van der Waals surface area contributed by atoms with Crippen molar-refractivity contribution in [1.29, 1.82) is 0 Å². The van der Waals surface area contributed by atoms with E-state index in [1.54, 1.807) is 12.2 Å². The summed E-state index contributed by atoms with van der Waals surface area (Å²) in [4.78, 5) is 22.8. The molecule has 0 fully saturated rings. The van der Waals surface area contributed by atoms with Gasteiger partial charge >= 0.3 is 0 Å². The second-order valence-corrected chi connectivity index (χ2v) is 5.64. The van der Waals surface area contributed by atoms with Crippen molar-refractivity contribution in [2.24, 2.45) is 0 Å². The lowest BCUT2D eigenvalue weighted by Gasteiger charge is -2.12. The molecule has 0 heterocycles. The van der Waals surface area contributed by atoms with Crippen molar-refractivity contribution < 1.29 is 9.59 Å². The number of rotatable bonds is 8. The number of carbonyl (C=O) groups excluding carboxylic acids is 2. The standard InChI is InChI=1S/C16H28N2O2/c1-12(2)10-15(19)17-9-7-6-8-14(5)18-16(20)11-13(3)4/h10-11,14H,6-9H2,1-5H3,(H,17,19)(H,18,20)/t14-/m0/s1. The summed E-state index contributed by atoms with van der Waals surface area (Å²) >= 11 is 0. The Hall–Kier alpha value is -1.58. The van der Waals surface area contributed by atoms with E-state index in [4.69, 9.17) is 0 Å². The minimum atomic E-state index is -0.0330. The Kier molecular flexibility index (Phi) is 9.43. The highest BCUT2D eigenvalue weighted by Gasteiger charge is 2.04. The first-order valence-electron chi connectivity index (χ1n) is 7.19. The van der Waals surface area contributed by atoms with Gasteiger partial charge in [0.2, 0.25) is 11.8 Å². The highest BCUT2D eigenvalue weighted by atomic mass is 16.2. The van der Waals surface area contributed by atoms with Crippen LogP contribution in [0, 0.1) is 0 Å². The first-order chi connectivity index (χ1) is 9.31. The molecule has 4 heteroatoms. The van der Waals surface area contributed by atoms with Crippen LogP contribution in [0.1, 0.15) is 53.9 Å². The Balaban J connectivity index is 3.70. The average Bonchev–Trinajstić information content (AvgIpc) is 2.25. The van der Waals surface area contributed by atoms with Crippen LogP contribution in [0.25, 0.3) is 0 Å². The summed E-state index contributed by atoms with van der Waals surface area (Å²) in [5.74, 6) is -0.0655. The Morgan fingerprint density at radius 1 is 0.950 bits per heavy atom. The summed E-state index contributed by atoms with van der Waals surface area (Å²) in [6.07, 6.45) is 6.02. The average molecular weight is 280 g/mol. The van der Waals surface area contributed by atoms with Gasteiger partial charge in [0.1, 0.15) is 0 Å². The third-order valence-corrected chi connectivity index (χ3v) is 2.59. The van der Waals surface area contributed by atoms with Crippen LogP contribution >= 0.6 is 0 Å². The lowest BCUT2D eigenvalue weighted by Crippen LogP contribution is -2.31. The predicted molar refractivity (Wildman–Crippen MR) is 83.3 cm³/mol. The van der Waals surface area contributed by atoms with Crippen LogP contribution in [-0.2, 0) is 9.59 Å². The summed E-state index contributed by atoms with van der Waals surface area (Å²) < 4.78 is 0. The van der Waals surface area contributed by atoms with E-state index in [-0.39, 0.29) is 17.9 Å². The smallest absolute Gasteiger partial charge is 0.244 e. The third-order valence-electron chi connectivity index (χ3n) is 2.59. The van der Waals surface area contributed by atoms with E-state index in [0.29, 0.717) is 6.54 Å². The van der Waals surface area contributed by atoms with Crippen molar-refractivity contribution in [3.05, 3.63) is 23.3 Å². The van der Waals surface area contributed by atoms with E-state index in [1.165, 1.54) is 0 Å². The van der Waals surface area contributed by atoms with Gasteiger partial charge in [0.15, 0.2) is 0 Å². The van der Waals surface area contributed by atoms with Crippen LogP contribution in [0.3, 0.4) is 0 Å². The molecule has 0 aromatic carbocycles. The van der Waals surface area contributed by atoms with Crippen molar-refractivity contribution in [1.82, 2.24) is 10.6 Å². The molecule has 2 amide bonds. The second-order valence-electron chi connectivity index (χ2n) is 5.64. The molecule has 0 unspecified atom stereocenters. The van der Waals surface area contributed by atoms with Crippen molar-refractivity contribution in [2.75, 3.05) is 6.54 Å². The molecule has 0 radical (unpaired) electrons. The zero-order valence-corrected chi connectivity index (χ0v) is 13.4. The van der Waals surface area contributed by atoms with E-state index in [1.807, 2.05) is 34.6 Å². The van der Waals surface area contributed by atoms with Crippen LogP contribution in [-0.4, -0.2) is 24.4 Å². The SMILES string of the molecule is CC(C)=CC(=O)NCCCC[C@H](C)NC(=O)C=C(C)C. The quantitative estimate of drug-likeness (QED) is 0.530. The van der Waals surface area contributed by atoms with Crippen LogP contribution in [0.15, 0.2) is 23.3 Å². The van der Waals surface area contributed by atoms with Crippen molar-refractivity contribution in [3.63, 3.8) is 0 Å². The summed E-state index contributed by atoms with van der Waals surface area (Å²) in [5.41, 5.74) is 2.00. The van der Waals surface area contributed by atoms with Gasteiger partial charge in [0.05, 0.1) is 0 Å². The fourth-order valence-electron chi connectivity index (χ4n) is 1.72. The minimum Gasteiger partial charge on any atom is -0.353 e. The first-order valence-corrected chi connectivity index (χ1v) is 7.19. The molecule has 0 saturated carbocycles. The number of hydrogen-bond acceptors (Lipinski definition) is 2. The number of unbranched alkanes of at least 4 members (excludes halogenated alkanes) is 1. The van der Waals surface area contributed by atoms with Gasteiger partial charge in [-0.3, -0.25) is 9.59 Å². The molecule has 0 bridgehead atoms. The molecule has 114 valence electrons. The van der Waals surface area contributed by atoms with Crippen LogP contribution < -0.4 is 10.6 Å². The topological polar surface area (TPSA) is 58.2 Å². The van der Waals surface area contributed by atoms with Crippen molar-refractivity contribution in [3.8, 4) is 0 Å². The van der Waals surface area contributed by atoms with Gasteiger partial charge in [-0.25, -0.2) is 0 Å². The first kappa shape index (κ1) is 18.4. The lowest BCUT2D eigenvalue weighted by atomic mass is 10.1. The molecule has 0 aliphatic carbocycles. The van der Waals surface area contributed by atoms with Crippen LogP contribution in [0.5, 0.6) is 0 Å². The number of carbonyl (C=O) groups is 2. The normalized spacial score (nSPS) is 11.2. The van der Waals surface area contributed by atoms with Gasteiger partial charge in [-0.1, -0.05) is 11.1 Å². The largest absolute Gasteiger partial charge is 0.353 e. The molecule has 0 aromatic rings. The number of amides is 2. The van der Waals surface area contributed by atoms with Gasteiger partial charge in [-0.2, -0.15) is 0 Å². The summed E-state index contributed by atoms with van der Waals surface area (Å²) in [6, 6.07) is 0.159. The highest BCUT2D eigenvalue weighted by molar-refractivity contribution is 5.88. The molecule has 2 N–H and O–H groups in total. The van der Waals surface area contributed by atoms with E-state index in [2.05, 4.69) is 10.6 Å². The van der Waals surface area contributed by atoms with Crippen LogP contribution in [0.4, 0.5) is 0 Å². The second kappa shape index (κ2) is 10.2. The number of allylic oxidation sites excluding steroid dienone is 2. The molecular formula is C16H28N2O2. The van der Waals surface area contributed by atoms with E-state index in [0.717, 1.165) is 30.4 Å². The fraction of sp³-hybridized carbons (Fsp3) is 0.625. The highest BCUT2D eigenvalue weighted by Crippen LogP contribution is 2.00. The maximum absolute atomic E-state index is 11.5. The van der Waals surface area contributed by atoms with E-state index in [9.17, 15) is 9.59 Å². The van der Waals surface area contributed by atoms with Gasteiger partial charge in [-0.05, 0) is 53.9 Å². The lowest BCUT2D eigenvalue weighted by molar-refractivity contribution is -0.117. The molecule has 0 aromatic heterocycles. The molecule has 1 atom stereocenters. The summed E-state index contributed by atoms with van der Waals surface area (Å²) in [6.45, 7) is 10.3. The molecular weight excluding hydrogens is 252 g/mol. The third kappa shape index (κ3) is 11.5. The Labute approximate surface area is 122 Å². The molecule has 0 rings (SSSR count). The summed E-state index contributed by atoms with van der Waals surface area (Å²) in [7, 11) is 0. The van der Waals surface area contributed by atoms with Crippen molar-refractivity contribution >= 4 is 11.8 Å². The number of hydrogen-bond donors (Lipinski definition) is 2. The molecule has 0 aliphatic rings. The Morgan fingerprint density at radius 2 is 1.50 bits per heavy atom. The van der Waals surface area contributed by atoms with E-state index < -0.39 is 0 Å². The molecule has 0 saturated heterocycles. The zero-order chi connectivity index (χ0) is 15.5. The molecule has 0 spiro atoms. The molecule has 0 aliphatic heterocycles. The van der Waals surface area contributed by atoms with Crippen molar-refractivity contribution in [2.45, 2.75) is 59.9 Å². The Bertz CT molecular complexity index is 376. The van der Waals surface area contributed by atoms with Gasteiger partial charge < -0.3 is 10.6 Å². The summed E-state index contributed by atoms with van der Waals surface area (Å²) in [5, 5.41) is 5.77. The Morgan fingerprint density at radius 3 is 2.05 bits per heavy atom. The zero-order valence-electron chi connectivity index (χ0n) is 13.4.